The van der Waals surface area contributed by atoms with E-state index in [1.165, 1.54) is 0 Å². The Bertz CT molecular complexity index is 476. The summed E-state index contributed by atoms with van der Waals surface area (Å²) in [7, 11) is 1.75. The first-order valence-corrected chi connectivity index (χ1v) is 5.57. The molecule has 17 heavy (non-hydrogen) atoms. The van der Waals surface area contributed by atoms with Crippen LogP contribution in [0.2, 0.25) is 0 Å². The molecule has 1 aliphatic rings. The van der Waals surface area contributed by atoms with E-state index in [1.807, 2.05) is 0 Å². The van der Waals surface area contributed by atoms with Crippen LogP contribution in [0.25, 0.3) is 0 Å². The molecule has 0 fully saturated rings. The largest absolute Gasteiger partial charge is 0.482 e. The fourth-order valence-electron chi connectivity index (χ4n) is 1.64. The van der Waals surface area contributed by atoms with E-state index in [0.29, 0.717) is 11.4 Å². The highest BCUT2D eigenvalue weighted by Gasteiger charge is 2.30. The lowest BCUT2D eigenvalue weighted by atomic mass is 10.2. The average Bonchev–Trinajstić information content (AvgIpc) is 2.37. The van der Waals surface area contributed by atoms with Crippen LogP contribution in [0.3, 0.4) is 0 Å². The highest BCUT2D eigenvalue weighted by atomic mass is 35.5. The van der Waals surface area contributed by atoms with Crippen molar-refractivity contribution in [1.82, 2.24) is 0 Å². The summed E-state index contributed by atoms with van der Waals surface area (Å²) in [6, 6.07) is 5.19. The summed E-state index contributed by atoms with van der Waals surface area (Å²) < 4.78 is 5.25. The van der Waals surface area contributed by atoms with Crippen LogP contribution in [0.15, 0.2) is 18.2 Å². The van der Waals surface area contributed by atoms with Crippen LogP contribution in [-0.4, -0.2) is 31.3 Å². The fourth-order valence-corrected chi connectivity index (χ4v) is 1.76. The Morgan fingerprint density at radius 1 is 1.59 bits per heavy atom. The summed E-state index contributed by atoms with van der Waals surface area (Å²) >= 11 is 5.49. The van der Waals surface area contributed by atoms with Gasteiger partial charge in [-0.3, -0.25) is 9.59 Å². The van der Waals surface area contributed by atoms with Gasteiger partial charge in [0.05, 0.1) is 5.69 Å². The van der Waals surface area contributed by atoms with Crippen LogP contribution in [0.4, 0.5) is 11.4 Å². The molecule has 2 amide bonds. The number of rotatable bonds is 2. The zero-order chi connectivity index (χ0) is 12.4. The molecule has 0 radical (unpaired) electrons. The molecule has 1 N–H and O–H groups in total. The minimum Gasteiger partial charge on any atom is -0.482 e. The number of anilines is 2. The maximum Gasteiger partial charge on any atom is 0.271 e. The average molecular weight is 255 g/mol. The lowest BCUT2D eigenvalue weighted by Crippen LogP contribution is -2.43. The number of hydrogen-bond acceptors (Lipinski definition) is 4. The minimum atomic E-state index is -0.450. The van der Waals surface area contributed by atoms with Crippen molar-refractivity contribution in [2.45, 2.75) is 0 Å². The van der Waals surface area contributed by atoms with Gasteiger partial charge in [0.1, 0.15) is 11.6 Å². The third-order valence-electron chi connectivity index (χ3n) is 2.45. The molecular weight excluding hydrogens is 244 g/mol. The molecule has 0 atom stereocenters. The number of amides is 2. The summed E-state index contributed by atoms with van der Waals surface area (Å²) in [5, 5.41) is 2.93. The molecule has 0 saturated heterocycles. The number of carbonyl (C=O) groups is 2. The van der Waals surface area contributed by atoms with Crippen molar-refractivity contribution < 1.29 is 14.3 Å². The van der Waals surface area contributed by atoms with Crippen molar-refractivity contribution in [3.8, 4) is 5.75 Å². The second kappa shape index (κ2) is 4.63. The predicted molar refractivity (Wildman–Crippen MR) is 64.7 cm³/mol. The van der Waals surface area contributed by atoms with Crippen molar-refractivity contribution in [1.29, 1.82) is 0 Å². The molecule has 0 unspecified atom stereocenters. The zero-order valence-electron chi connectivity index (χ0n) is 9.20. The maximum absolute atomic E-state index is 11.7. The first-order chi connectivity index (χ1) is 8.17. The minimum absolute atomic E-state index is 0.144. The van der Waals surface area contributed by atoms with E-state index < -0.39 is 11.8 Å². The van der Waals surface area contributed by atoms with E-state index in [1.54, 1.807) is 25.2 Å². The number of halogens is 1. The molecule has 1 aliphatic heterocycles. The molecule has 5 nitrogen and oxygen atoms in total. The van der Waals surface area contributed by atoms with Crippen molar-refractivity contribution in [3.63, 3.8) is 0 Å². The van der Waals surface area contributed by atoms with Crippen LogP contribution < -0.4 is 15.0 Å². The van der Waals surface area contributed by atoms with Gasteiger partial charge in [0.15, 0.2) is 6.61 Å². The number of nitrogens with zero attached hydrogens (tertiary/aromatic N) is 1. The molecule has 0 aromatic heterocycles. The number of hydrogen-bond donors (Lipinski definition) is 1. The summed E-state index contributed by atoms with van der Waals surface area (Å²) in [5.41, 5.74) is 1.22. The van der Waals surface area contributed by atoms with Gasteiger partial charge in [-0.05, 0) is 18.2 Å². The molecular formula is C11H11ClN2O3. The monoisotopic (exact) mass is 254 g/mol. The number of benzene rings is 1. The Balaban J connectivity index is 2.48. The summed E-state index contributed by atoms with van der Waals surface area (Å²) in [6.07, 6.45) is 0. The third kappa shape index (κ3) is 2.06. The molecule has 0 saturated carbocycles. The predicted octanol–water partition coefficient (Wildman–Crippen LogP) is 1.22. The number of carbonyl (C=O) groups excluding carboxylic acids is 2. The second-order valence-electron chi connectivity index (χ2n) is 3.48. The van der Waals surface area contributed by atoms with Crippen LogP contribution in [0.5, 0.6) is 5.75 Å². The molecule has 0 aliphatic carbocycles. The number of nitrogens with one attached hydrogen (secondary N) is 1. The number of fused-ring (bicyclic) bond motifs is 1. The molecule has 0 bridgehead atoms. The van der Waals surface area contributed by atoms with Crippen LogP contribution in [-0.2, 0) is 9.59 Å². The summed E-state index contributed by atoms with van der Waals surface area (Å²) in [6.45, 7) is -0.144. The van der Waals surface area contributed by atoms with E-state index in [9.17, 15) is 9.59 Å². The Hall–Kier alpha value is -1.75. The quantitative estimate of drug-likeness (QED) is 0.807. The van der Waals surface area contributed by atoms with Gasteiger partial charge in [-0.15, -0.1) is 11.6 Å². The van der Waals surface area contributed by atoms with Crippen molar-refractivity contribution in [2.24, 2.45) is 0 Å². The Kier molecular flexibility index (Phi) is 3.19. The molecule has 0 spiro atoms. The zero-order valence-corrected chi connectivity index (χ0v) is 9.95. The van der Waals surface area contributed by atoms with Gasteiger partial charge in [-0.1, -0.05) is 0 Å². The van der Waals surface area contributed by atoms with Gasteiger partial charge in [0.25, 0.3) is 5.91 Å². The van der Waals surface area contributed by atoms with Crippen molar-refractivity contribution in [2.75, 3.05) is 29.8 Å². The number of ether oxygens (including phenoxy) is 1. The Labute approximate surface area is 103 Å². The van der Waals surface area contributed by atoms with Gasteiger partial charge in [0, 0.05) is 12.7 Å². The van der Waals surface area contributed by atoms with Crippen LogP contribution >= 0.6 is 11.6 Å². The Morgan fingerprint density at radius 3 is 3.00 bits per heavy atom. The summed E-state index contributed by atoms with van der Waals surface area (Å²) in [4.78, 5) is 24.4. The van der Waals surface area contributed by atoms with Gasteiger partial charge in [-0.25, -0.2) is 4.90 Å². The smallest absolute Gasteiger partial charge is 0.271 e. The molecule has 90 valence electrons. The Morgan fingerprint density at radius 2 is 2.35 bits per heavy atom. The van der Waals surface area contributed by atoms with Crippen molar-refractivity contribution in [3.05, 3.63) is 18.2 Å². The van der Waals surface area contributed by atoms with Gasteiger partial charge in [0.2, 0.25) is 5.91 Å². The maximum atomic E-state index is 11.7. The van der Waals surface area contributed by atoms with E-state index in [-0.39, 0.29) is 12.5 Å². The first-order valence-electron chi connectivity index (χ1n) is 5.03. The highest BCUT2D eigenvalue weighted by Crippen LogP contribution is 2.34. The van der Waals surface area contributed by atoms with Crippen LogP contribution in [0, 0.1) is 0 Å². The molecule has 1 heterocycles. The first kappa shape index (κ1) is 11.7. The van der Waals surface area contributed by atoms with Gasteiger partial charge >= 0.3 is 0 Å². The molecule has 2 rings (SSSR count). The number of imide groups is 1. The van der Waals surface area contributed by atoms with E-state index >= 15 is 0 Å². The van der Waals surface area contributed by atoms with E-state index in [4.69, 9.17) is 16.3 Å². The standard InChI is InChI=1S/C11H11ClN2O3/c1-13-7-2-3-9-8(4-7)14(10(15)5-12)11(16)6-17-9/h2-4,13H,5-6H2,1H3. The topological polar surface area (TPSA) is 58.6 Å². The van der Waals surface area contributed by atoms with E-state index in [2.05, 4.69) is 5.32 Å². The molecule has 6 heteroatoms. The van der Waals surface area contributed by atoms with Crippen molar-refractivity contribution >= 4 is 34.8 Å². The SMILES string of the molecule is CNc1ccc2c(c1)N(C(=O)CCl)C(=O)CO2. The fraction of sp³-hybridized carbons (Fsp3) is 0.273. The van der Waals surface area contributed by atoms with Crippen LogP contribution in [0.1, 0.15) is 0 Å². The second-order valence-corrected chi connectivity index (χ2v) is 3.74. The van der Waals surface area contributed by atoms with E-state index in [0.717, 1.165) is 10.6 Å². The molecule has 1 aromatic rings. The highest BCUT2D eigenvalue weighted by molar-refractivity contribution is 6.33. The normalized spacial score (nSPS) is 14.0. The lowest BCUT2D eigenvalue weighted by molar-refractivity contribution is -0.127. The lowest BCUT2D eigenvalue weighted by Gasteiger charge is -2.27. The van der Waals surface area contributed by atoms with Gasteiger partial charge in [-0.2, -0.15) is 0 Å². The number of alkyl halides is 1. The summed E-state index contributed by atoms with van der Waals surface area (Å²) in [5.74, 6) is -0.595. The molecule has 1 aromatic carbocycles. The third-order valence-corrected chi connectivity index (χ3v) is 2.68. The van der Waals surface area contributed by atoms with Gasteiger partial charge < -0.3 is 10.1 Å².